The Kier molecular flexibility index (Phi) is 5.72. The maximum absolute atomic E-state index is 12.6. The molecule has 0 radical (unpaired) electrons. The number of ether oxygens (including phenoxy) is 1. The van der Waals surface area contributed by atoms with Crippen molar-refractivity contribution >= 4 is 27.5 Å². The van der Waals surface area contributed by atoms with Gasteiger partial charge in [-0.05, 0) is 31.9 Å². The van der Waals surface area contributed by atoms with Crippen LogP contribution in [0.2, 0.25) is 5.15 Å². The van der Waals surface area contributed by atoms with Crippen LogP contribution in [0.4, 0.5) is 0 Å². The van der Waals surface area contributed by atoms with Crippen molar-refractivity contribution < 1.29 is 17.9 Å². The van der Waals surface area contributed by atoms with Crippen molar-refractivity contribution in [2.45, 2.75) is 38.0 Å². The standard InChI is InChI=1S/C20H23ClN6O4S/c1-13-15(11-26(3)23-13)32(29,30)25-19(28)14-5-6-16(22-18(14)21)27-10-7-17(24-27)31-12-20(2)8-4-9-20/h5-7,10-11H,4,8-9,12H2,1-3H3,(H,25,28). The molecule has 1 N–H and O–H groups in total. The number of pyridine rings is 1. The molecule has 12 heteroatoms. The summed E-state index contributed by atoms with van der Waals surface area (Å²) in [5.41, 5.74) is 0.395. The Morgan fingerprint density at radius 2 is 2.03 bits per heavy atom. The summed E-state index contributed by atoms with van der Waals surface area (Å²) in [6, 6.07) is 4.64. The second kappa shape index (κ2) is 8.21. The lowest BCUT2D eigenvalue weighted by atomic mass is 9.71. The normalized spacial score (nSPS) is 15.2. The molecule has 0 unspecified atom stereocenters. The van der Waals surface area contributed by atoms with E-state index in [0.29, 0.717) is 18.3 Å². The number of hydrogen-bond acceptors (Lipinski definition) is 7. The highest BCUT2D eigenvalue weighted by Gasteiger charge is 2.32. The molecule has 1 aliphatic carbocycles. The number of carbonyl (C=O) groups is 1. The van der Waals surface area contributed by atoms with E-state index < -0.39 is 15.9 Å². The number of sulfonamides is 1. The van der Waals surface area contributed by atoms with Crippen molar-refractivity contribution in [3.8, 4) is 11.7 Å². The summed E-state index contributed by atoms with van der Waals surface area (Å²) in [5, 5.41) is 8.17. The maximum atomic E-state index is 12.6. The largest absolute Gasteiger partial charge is 0.476 e. The van der Waals surface area contributed by atoms with E-state index >= 15 is 0 Å². The molecule has 4 rings (SSSR count). The Labute approximate surface area is 190 Å². The summed E-state index contributed by atoms with van der Waals surface area (Å²) in [7, 11) is -2.52. The van der Waals surface area contributed by atoms with E-state index in [-0.39, 0.29) is 26.7 Å². The Morgan fingerprint density at radius 3 is 2.62 bits per heavy atom. The first-order chi connectivity index (χ1) is 15.1. The molecule has 0 atom stereocenters. The SMILES string of the molecule is Cc1nn(C)cc1S(=O)(=O)NC(=O)c1ccc(-n2ccc(OCC3(C)CCC3)n2)nc1Cl. The Bertz CT molecular complexity index is 1280. The van der Waals surface area contributed by atoms with Crippen LogP contribution in [0.25, 0.3) is 5.82 Å². The maximum Gasteiger partial charge on any atom is 0.268 e. The molecular formula is C20H23ClN6O4S. The zero-order chi connectivity index (χ0) is 23.1. The topological polar surface area (TPSA) is 121 Å². The molecule has 170 valence electrons. The van der Waals surface area contributed by atoms with E-state index in [0.717, 1.165) is 12.8 Å². The molecular weight excluding hydrogens is 456 g/mol. The number of hydrogen-bond donors (Lipinski definition) is 1. The molecule has 10 nitrogen and oxygen atoms in total. The first kappa shape index (κ1) is 22.3. The lowest BCUT2D eigenvalue weighted by Gasteiger charge is -2.37. The molecule has 0 aliphatic heterocycles. The van der Waals surface area contributed by atoms with Crippen molar-refractivity contribution in [3.63, 3.8) is 0 Å². The highest BCUT2D eigenvalue weighted by molar-refractivity contribution is 7.90. The third-order valence-corrected chi connectivity index (χ3v) is 7.21. The molecule has 32 heavy (non-hydrogen) atoms. The fourth-order valence-electron chi connectivity index (χ4n) is 3.48. The van der Waals surface area contributed by atoms with Crippen molar-refractivity contribution in [2.75, 3.05) is 6.61 Å². The van der Waals surface area contributed by atoms with Gasteiger partial charge in [-0.15, -0.1) is 5.10 Å². The summed E-state index contributed by atoms with van der Waals surface area (Å²) in [4.78, 5) is 16.6. The lowest BCUT2D eigenvalue weighted by Crippen LogP contribution is -2.32. The first-order valence-electron chi connectivity index (χ1n) is 9.99. The number of aryl methyl sites for hydroxylation is 2. The van der Waals surface area contributed by atoms with E-state index in [1.165, 1.54) is 41.0 Å². The van der Waals surface area contributed by atoms with Gasteiger partial charge in [0.1, 0.15) is 10.0 Å². The van der Waals surface area contributed by atoms with Gasteiger partial charge in [0.05, 0.1) is 17.9 Å². The summed E-state index contributed by atoms with van der Waals surface area (Å²) in [6.45, 7) is 4.33. The molecule has 3 heterocycles. The monoisotopic (exact) mass is 478 g/mol. The van der Waals surface area contributed by atoms with Gasteiger partial charge in [0.25, 0.3) is 15.9 Å². The van der Waals surface area contributed by atoms with Crippen molar-refractivity contribution in [1.29, 1.82) is 0 Å². The summed E-state index contributed by atoms with van der Waals surface area (Å²) in [6.07, 6.45) is 6.50. The molecule has 3 aromatic heterocycles. The second-order valence-corrected chi connectivity index (χ2v) is 10.3. The average molecular weight is 479 g/mol. The molecule has 1 aliphatic rings. The van der Waals surface area contributed by atoms with Gasteiger partial charge in [0, 0.05) is 30.9 Å². The molecule has 1 fully saturated rings. The predicted octanol–water partition coefficient (Wildman–Crippen LogP) is 2.65. The fraction of sp³-hybridized carbons (Fsp3) is 0.400. The van der Waals surface area contributed by atoms with Crippen LogP contribution in [0, 0.1) is 12.3 Å². The zero-order valence-corrected chi connectivity index (χ0v) is 19.4. The van der Waals surface area contributed by atoms with Gasteiger partial charge in [0.2, 0.25) is 5.88 Å². The van der Waals surface area contributed by atoms with Crippen molar-refractivity contribution in [2.24, 2.45) is 12.5 Å². The first-order valence-corrected chi connectivity index (χ1v) is 11.9. The molecule has 1 saturated carbocycles. The summed E-state index contributed by atoms with van der Waals surface area (Å²) < 4.78 is 35.7. The van der Waals surface area contributed by atoms with Gasteiger partial charge in [-0.1, -0.05) is 24.9 Å². The van der Waals surface area contributed by atoms with E-state index in [9.17, 15) is 13.2 Å². The van der Waals surface area contributed by atoms with Gasteiger partial charge in [-0.2, -0.15) is 5.10 Å². The third kappa shape index (κ3) is 4.49. The highest BCUT2D eigenvalue weighted by atomic mass is 35.5. The number of nitrogens with one attached hydrogen (secondary N) is 1. The number of aromatic nitrogens is 5. The third-order valence-electron chi connectivity index (χ3n) is 5.49. The average Bonchev–Trinajstić information content (AvgIpc) is 3.30. The Hall–Kier alpha value is -2.92. The molecule has 3 aromatic rings. The molecule has 0 spiro atoms. The molecule has 1 amide bonds. The Balaban J connectivity index is 1.47. The van der Waals surface area contributed by atoms with Gasteiger partial charge < -0.3 is 4.74 Å². The van der Waals surface area contributed by atoms with Crippen molar-refractivity contribution in [1.82, 2.24) is 29.3 Å². The highest BCUT2D eigenvalue weighted by Crippen LogP contribution is 2.40. The predicted molar refractivity (Wildman–Crippen MR) is 116 cm³/mol. The number of carbonyl (C=O) groups excluding carboxylic acids is 1. The van der Waals surface area contributed by atoms with Gasteiger partial charge >= 0.3 is 0 Å². The van der Waals surface area contributed by atoms with Crippen LogP contribution in [0.15, 0.2) is 35.5 Å². The van der Waals surface area contributed by atoms with Gasteiger partial charge in [-0.3, -0.25) is 9.48 Å². The van der Waals surface area contributed by atoms with E-state index in [4.69, 9.17) is 16.3 Å². The van der Waals surface area contributed by atoms with Crippen LogP contribution in [0.1, 0.15) is 42.2 Å². The van der Waals surface area contributed by atoms with E-state index in [1.807, 2.05) is 4.72 Å². The van der Waals surface area contributed by atoms with Gasteiger partial charge in [-0.25, -0.2) is 22.8 Å². The van der Waals surface area contributed by atoms with Crippen LogP contribution in [-0.4, -0.2) is 45.5 Å². The van der Waals surface area contributed by atoms with Crippen LogP contribution in [0.5, 0.6) is 5.88 Å². The summed E-state index contributed by atoms with van der Waals surface area (Å²) in [5.74, 6) is -0.0615. The number of nitrogens with zero attached hydrogens (tertiary/aromatic N) is 5. The number of rotatable bonds is 7. The van der Waals surface area contributed by atoms with Crippen LogP contribution >= 0.6 is 11.6 Å². The minimum absolute atomic E-state index is 0.0814. The number of halogens is 1. The van der Waals surface area contributed by atoms with Gasteiger partial charge in [0.15, 0.2) is 5.82 Å². The van der Waals surface area contributed by atoms with E-state index in [2.05, 4.69) is 22.1 Å². The molecule has 0 saturated heterocycles. The smallest absolute Gasteiger partial charge is 0.268 e. The minimum Gasteiger partial charge on any atom is -0.476 e. The Morgan fingerprint density at radius 1 is 1.28 bits per heavy atom. The zero-order valence-electron chi connectivity index (χ0n) is 17.9. The lowest BCUT2D eigenvalue weighted by molar-refractivity contribution is 0.0747. The quantitative estimate of drug-likeness (QED) is 0.518. The van der Waals surface area contributed by atoms with E-state index in [1.54, 1.807) is 19.3 Å². The molecule has 0 bridgehead atoms. The van der Waals surface area contributed by atoms with Crippen LogP contribution < -0.4 is 9.46 Å². The van der Waals surface area contributed by atoms with Crippen LogP contribution in [-0.2, 0) is 17.1 Å². The number of amides is 1. The fourth-order valence-corrected chi connectivity index (χ4v) is 4.90. The molecule has 0 aromatic carbocycles. The minimum atomic E-state index is -4.11. The summed E-state index contributed by atoms with van der Waals surface area (Å²) >= 11 is 6.18. The van der Waals surface area contributed by atoms with Crippen molar-refractivity contribution in [3.05, 3.63) is 47.0 Å². The second-order valence-electron chi connectivity index (χ2n) is 8.25. The van der Waals surface area contributed by atoms with Crippen LogP contribution in [0.3, 0.4) is 0 Å².